The Bertz CT molecular complexity index is 1320. The Morgan fingerprint density at radius 1 is 0.606 bits per heavy atom. The number of ketones is 1. The lowest BCUT2D eigenvalue weighted by Crippen LogP contribution is -2.09. The van der Waals surface area contributed by atoms with E-state index in [2.05, 4.69) is 0 Å². The molecule has 168 valence electrons. The van der Waals surface area contributed by atoms with Crippen LogP contribution in [0.25, 0.3) is 0 Å². The third kappa shape index (κ3) is 4.59. The summed E-state index contributed by atoms with van der Waals surface area (Å²) in [5, 5.41) is 57.5. The van der Waals surface area contributed by atoms with Gasteiger partial charge in [-0.2, -0.15) is 0 Å². The standard InChI is InChI=1S/C23H16O10/c24-17-3-1-10(6-14(17)21(28)29)5-12-7-13(9-16(20(12)27)23(32)33)19(26)11-2-4-18(25)15(8-11)22(30)31/h1-4,6-9,24-25,27H,5H2,(H,28,29)(H,30,31)(H,32,33). The van der Waals surface area contributed by atoms with Gasteiger partial charge < -0.3 is 30.6 Å². The summed E-state index contributed by atoms with van der Waals surface area (Å²) in [7, 11) is 0. The highest BCUT2D eigenvalue weighted by Gasteiger charge is 2.22. The van der Waals surface area contributed by atoms with Crippen molar-refractivity contribution in [2.75, 3.05) is 0 Å². The van der Waals surface area contributed by atoms with E-state index in [4.69, 9.17) is 10.2 Å². The Hall–Kier alpha value is -4.86. The molecular weight excluding hydrogens is 436 g/mol. The van der Waals surface area contributed by atoms with Gasteiger partial charge in [0.1, 0.15) is 33.9 Å². The van der Waals surface area contributed by atoms with E-state index in [0.29, 0.717) is 5.56 Å². The van der Waals surface area contributed by atoms with Crippen LogP contribution in [0.15, 0.2) is 48.5 Å². The number of benzene rings is 3. The van der Waals surface area contributed by atoms with Crippen molar-refractivity contribution in [3.8, 4) is 17.2 Å². The first kappa shape index (κ1) is 22.8. The van der Waals surface area contributed by atoms with Crippen molar-refractivity contribution in [1.29, 1.82) is 0 Å². The van der Waals surface area contributed by atoms with E-state index in [0.717, 1.165) is 36.4 Å². The van der Waals surface area contributed by atoms with Gasteiger partial charge in [0.15, 0.2) is 5.78 Å². The zero-order valence-electron chi connectivity index (χ0n) is 16.6. The van der Waals surface area contributed by atoms with Gasteiger partial charge in [0.2, 0.25) is 0 Å². The maximum Gasteiger partial charge on any atom is 0.339 e. The Labute approximate surface area is 185 Å². The van der Waals surface area contributed by atoms with Crippen molar-refractivity contribution < 1.29 is 49.8 Å². The predicted molar refractivity (Wildman–Crippen MR) is 111 cm³/mol. The number of carbonyl (C=O) groups excluding carboxylic acids is 1. The summed E-state index contributed by atoms with van der Waals surface area (Å²) in [5.74, 6) is -6.83. The van der Waals surface area contributed by atoms with Crippen molar-refractivity contribution >= 4 is 23.7 Å². The molecule has 0 saturated carbocycles. The third-order valence-electron chi connectivity index (χ3n) is 4.86. The van der Waals surface area contributed by atoms with Crippen LogP contribution in [-0.2, 0) is 6.42 Å². The second-order valence-electron chi connectivity index (χ2n) is 7.04. The van der Waals surface area contributed by atoms with Crippen molar-refractivity contribution in [1.82, 2.24) is 0 Å². The molecule has 10 nitrogen and oxygen atoms in total. The summed E-state index contributed by atoms with van der Waals surface area (Å²) in [5.41, 5.74) is -1.55. The summed E-state index contributed by atoms with van der Waals surface area (Å²) >= 11 is 0. The molecule has 0 aromatic heterocycles. The zero-order valence-corrected chi connectivity index (χ0v) is 16.6. The molecule has 0 aliphatic rings. The molecule has 6 N–H and O–H groups in total. The summed E-state index contributed by atoms with van der Waals surface area (Å²) in [6.07, 6.45) is -0.177. The Balaban J connectivity index is 2.10. The average Bonchev–Trinajstić information content (AvgIpc) is 2.75. The molecule has 0 bridgehead atoms. The fourth-order valence-electron chi connectivity index (χ4n) is 3.22. The molecule has 0 spiro atoms. The van der Waals surface area contributed by atoms with Crippen LogP contribution < -0.4 is 0 Å². The zero-order chi connectivity index (χ0) is 24.4. The number of aromatic carboxylic acids is 3. The van der Waals surface area contributed by atoms with Crippen LogP contribution in [0.5, 0.6) is 17.2 Å². The number of rotatable bonds is 7. The van der Waals surface area contributed by atoms with E-state index in [1.165, 1.54) is 12.1 Å². The van der Waals surface area contributed by atoms with Gasteiger partial charge >= 0.3 is 17.9 Å². The highest BCUT2D eigenvalue weighted by atomic mass is 16.4. The molecule has 0 saturated heterocycles. The van der Waals surface area contributed by atoms with Gasteiger partial charge in [-0.1, -0.05) is 6.07 Å². The molecule has 3 aromatic rings. The third-order valence-corrected chi connectivity index (χ3v) is 4.86. The number of carboxylic acid groups (broad SMARTS) is 3. The van der Waals surface area contributed by atoms with Crippen LogP contribution in [0.2, 0.25) is 0 Å². The van der Waals surface area contributed by atoms with Gasteiger partial charge in [0.05, 0.1) is 0 Å². The summed E-state index contributed by atoms with van der Waals surface area (Å²) in [6, 6.07) is 8.89. The van der Waals surface area contributed by atoms with Crippen molar-refractivity contribution in [3.63, 3.8) is 0 Å². The Morgan fingerprint density at radius 2 is 1.12 bits per heavy atom. The number of phenols is 3. The summed E-state index contributed by atoms with van der Waals surface area (Å²) in [4.78, 5) is 47.1. The lowest BCUT2D eigenvalue weighted by atomic mass is 9.93. The van der Waals surface area contributed by atoms with E-state index >= 15 is 0 Å². The van der Waals surface area contributed by atoms with Crippen LogP contribution in [0.3, 0.4) is 0 Å². The molecule has 3 rings (SSSR count). The first-order valence-electron chi connectivity index (χ1n) is 9.25. The number of carbonyl (C=O) groups is 4. The summed E-state index contributed by atoms with van der Waals surface area (Å²) < 4.78 is 0. The van der Waals surface area contributed by atoms with E-state index in [9.17, 15) is 39.6 Å². The van der Waals surface area contributed by atoms with Crippen molar-refractivity contribution in [2.45, 2.75) is 6.42 Å². The highest BCUT2D eigenvalue weighted by molar-refractivity contribution is 6.11. The topological polar surface area (TPSA) is 190 Å². The molecule has 0 heterocycles. The molecule has 0 atom stereocenters. The minimum Gasteiger partial charge on any atom is -0.507 e. The number of hydrogen-bond donors (Lipinski definition) is 6. The molecule has 33 heavy (non-hydrogen) atoms. The second-order valence-corrected chi connectivity index (χ2v) is 7.04. The van der Waals surface area contributed by atoms with Gasteiger partial charge in [-0.25, -0.2) is 14.4 Å². The fourth-order valence-corrected chi connectivity index (χ4v) is 3.22. The van der Waals surface area contributed by atoms with Crippen LogP contribution in [-0.4, -0.2) is 54.3 Å². The van der Waals surface area contributed by atoms with E-state index < -0.39 is 57.6 Å². The molecule has 0 unspecified atom stereocenters. The first-order valence-corrected chi connectivity index (χ1v) is 9.25. The monoisotopic (exact) mass is 452 g/mol. The lowest BCUT2D eigenvalue weighted by molar-refractivity contribution is 0.0682. The molecule has 0 aliphatic heterocycles. The Kier molecular flexibility index (Phi) is 6.02. The molecule has 0 radical (unpaired) electrons. The summed E-state index contributed by atoms with van der Waals surface area (Å²) in [6.45, 7) is 0. The number of hydrogen-bond acceptors (Lipinski definition) is 7. The minimum absolute atomic E-state index is 0.0162. The van der Waals surface area contributed by atoms with E-state index in [1.54, 1.807) is 0 Å². The maximum absolute atomic E-state index is 13.0. The minimum atomic E-state index is -1.53. The smallest absolute Gasteiger partial charge is 0.339 e. The lowest BCUT2D eigenvalue weighted by Gasteiger charge is -2.12. The van der Waals surface area contributed by atoms with Gasteiger partial charge in [-0.3, -0.25) is 4.79 Å². The van der Waals surface area contributed by atoms with Gasteiger partial charge in [0.25, 0.3) is 0 Å². The van der Waals surface area contributed by atoms with Gasteiger partial charge in [-0.05, 0) is 53.6 Å². The van der Waals surface area contributed by atoms with Gasteiger partial charge in [-0.15, -0.1) is 0 Å². The quantitative estimate of drug-likeness (QED) is 0.291. The van der Waals surface area contributed by atoms with Gasteiger partial charge in [0, 0.05) is 17.5 Å². The van der Waals surface area contributed by atoms with Crippen molar-refractivity contribution in [3.05, 3.63) is 87.5 Å². The number of aromatic hydroxyl groups is 3. The van der Waals surface area contributed by atoms with E-state index in [-0.39, 0.29) is 23.1 Å². The fraction of sp³-hybridized carbons (Fsp3) is 0.0435. The first-order chi connectivity index (χ1) is 15.5. The predicted octanol–water partition coefficient (Wildman–Crippen LogP) is 2.72. The largest absolute Gasteiger partial charge is 0.507 e. The molecule has 10 heteroatoms. The molecular formula is C23H16O10. The highest BCUT2D eigenvalue weighted by Crippen LogP contribution is 2.30. The van der Waals surface area contributed by atoms with Crippen molar-refractivity contribution in [2.24, 2.45) is 0 Å². The molecule has 0 fully saturated rings. The Morgan fingerprint density at radius 3 is 1.70 bits per heavy atom. The maximum atomic E-state index is 13.0. The molecule has 3 aromatic carbocycles. The second kappa shape index (κ2) is 8.71. The molecule has 0 aliphatic carbocycles. The van der Waals surface area contributed by atoms with Crippen LogP contribution >= 0.6 is 0 Å². The van der Waals surface area contributed by atoms with Crippen LogP contribution in [0.4, 0.5) is 0 Å². The normalized spacial score (nSPS) is 10.5. The molecule has 0 amide bonds. The van der Waals surface area contributed by atoms with E-state index in [1.807, 2.05) is 0 Å². The van der Waals surface area contributed by atoms with Crippen LogP contribution in [0.1, 0.15) is 58.1 Å². The van der Waals surface area contributed by atoms with Crippen LogP contribution in [0, 0.1) is 0 Å². The average molecular weight is 452 g/mol. The SMILES string of the molecule is O=C(c1ccc(O)c(C(=O)O)c1)c1cc(Cc2ccc(O)c(C(=O)O)c2)c(O)c(C(=O)O)c1. The number of carboxylic acids is 3.